The SMILES string of the molecule is CN(C)C(=O)CNc1cc(Br)ccc1C(N)=S. The van der Waals surface area contributed by atoms with Crippen molar-refractivity contribution >= 4 is 44.7 Å². The van der Waals surface area contributed by atoms with Gasteiger partial charge in [0.05, 0.1) is 6.54 Å². The number of rotatable bonds is 4. The van der Waals surface area contributed by atoms with Crippen LogP contribution in [0.5, 0.6) is 0 Å². The third kappa shape index (κ3) is 3.98. The quantitative estimate of drug-likeness (QED) is 0.828. The molecule has 0 aliphatic rings. The number of hydrogen-bond donors (Lipinski definition) is 2. The Kier molecular flexibility index (Phi) is 4.89. The van der Waals surface area contributed by atoms with Gasteiger partial charge in [-0.05, 0) is 18.2 Å². The van der Waals surface area contributed by atoms with Crippen molar-refractivity contribution in [3.63, 3.8) is 0 Å². The number of carbonyl (C=O) groups excluding carboxylic acids is 1. The molecular weight excluding hydrogens is 302 g/mol. The van der Waals surface area contributed by atoms with Gasteiger partial charge in [0.15, 0.2) is 0 Å². The minimum Gasteiger partial charge on any atom is -0.389 e. The molecule has 1 rings (SSSR count). The lowest BCUT2D eigenvalue weighted by Crippen LogP contribution is -2.29. The van der Waals surface area contributed by atoms with Gasteiger partial charge in [-0.3, -0.25) is 4.79 Å². The minimum atomic E-state index is -0.0149. The Bertz CT molecular complexity index is 448. The number of anilines is 1. The zero-order chi connectivity index (χ0) is 13.0. The van der Waals surface area contributed by atoms with Crippen molar-refractivity contribution in [1.29, 1.82) is 0 Å². The van der Waals surface area contributed by atoms with Crippen molar-refractivity contribution in [2.75, 3.05) is 26.0 Å². The van der Waals surface area contributed by atoms with Gasteiger partial charge in [0, 0.05) is 29.8 Å². The van der Waals surface area contributed by atoms with Crippen LogP contribution in [0, 0.1) is 0 Å². The molecule has 0 bridgehead atoms. The van der Waals surface area contributed by atoms with Crippen LogP contribution in [0.1, 0.15) is 5.56 Å². The Balaban J connectivity index is 2.86. The number of carbonyl (C=O) groups is 1. The summed E-state index contributed by atoms with van der Waals surface area (Å²) < 4.78 is 0.900. The minimum absolute atomic E-state index is 0.0149. The molecule has 0 spiro atoms. The topological polar surface area (TPSA) is 58.4 Å². The summed E-state index contributed by atoms with van der Waals surface area (Å²) in [6, 6.07) is 5.51. The first-order valence-electron chi connectivity index (χ1n) is 4.95. The number of thiocarbonyl (C=S) groups is 1. The fourth-order valence-electron chi connectivity index (χ4n) is 1.21. The number of hydrogen-bond acceptors (Lipinski definition) is 3. The van der Waals surface area contributed by atoms with Crippen LogP contribution in [0.25, 0.3) is 0 Å². The molecule has 1 aromatic rings. The summed E-state index contributed by atoms with van der Waals surface area (Å²) in [4.78, 5) is 13.3. The lowest BCUT2D eigenvalue weighted by Gasteiger charge is -2.14. The summed E-state index contributed by atoms with van der Waals surface area (Å²) in [5.74, 6) is -0.0149. The number of nitrogens with one attached hydrogen (secondary N) is 1. The van der Waals surface area contributed by atoms with Crippen LogP contribution in [0.3, 0.4) is 0 Å². The predicted molar refractivity (Wildman–Crippen MR) is 77.2 cm³/mol. The van der Waals surface area contributed by atoms with Crippen LogP contribution in [0.2, 0.25) is 0 Å². The van der Waals surface area contributed by atoms with E-state index in [0.717, 1.165) is 15.7 Å². The number of nitrogens with two attached hydrogens (primary N) is 1. The maximum atomic E-state index is 11.5. The average Bonchev–Trinajstić information content (AvgIpc) is 2.25. The van der Waals surface area contributed by atoms with E-state index < -0.39 is 0 Å². The zero-order valence-corrected chi connectivity index (χ0v) is 12.1. The van der Waals surface area contributed by atoms with Crippen molar-refractivity contribution in [3.05, 3.63) is 28.2 Å². The zero-order valence-electron chi connectivity index (χ0n) is 9.66. The molecule has 0 radical (unpaired) electrons. The van der Waals surface area contributed by atoms with Crippen molar-refractivity contribution in [1.82, 2.24) is 4.90 Å². The summed E-state index contributed by atoms with van der Waals surface area (Å²) in [6.07, 6.45) is 0. The van der Waals surface area contributed by atoms with Crippen LogP contribution in [0.15, 0.2) is 22.7 Å². The summed E-state index contributed by atoms with van der Waals surface area (Å²) >= 11 is 8.31. The van der Waals surface area contributed by atoms with E-state index in [1.807, 2.05) is 18.2 Å². The number of nitrogens with zero attached hydrogens (tertiary/aromatic N) is 1. The number of benzene rings is 1. The first-order chi connectivity index (χ1) is 7.91. The van der Waals surface area contributed by atoms with E-state index in [1.165, 1.54) is 4.90 Å². The number of amides is 1. The van der Waals surface area contributed by atoms with Gasteiger partial charge in [-0.25, -0.2) is 0 Å². The van der Waals surface area contributed by atoms with Crippen LogP contribution >= 0.6 is 28.1 Å². The van der Waals surface area contributed by atoms with Crippen molar-refractivity contribution in [3.8, 4) is 0 Å². The molecule has 17 heavy (non-hydrogen) atoms. The predicted octanol–water partition coefficient (Wildman–Crippen LogP) is 1.58. The summed E-state index contributed by atoms with van der Waals surface area (Å²) in [6.45, 7) is 0.207. The largest absolute Gasteiger partial charge is 0.389 e. The van der Waals surface area contributed by atoms with E-state index in [2.05, 4.69) is 21.2 Å². The van der Waals surface area contributed by atoms with E-state index >= 15 is 0 Å². The Morgan fingerprint density at radius 1 is 1.53 bits per heavy atom. The second kappa shape index (κ2) is 5.97. The molecule has 0 saturated heterocycles. The molecule has 0 fully saturated rings. The Labute approximate surface area is 114 Å². The van der Waals surface area contributed by atoms with E-state index in [9.17, 15) is 4.79 Å². The maximum absolute atomic E-state index is 11.5. The highest BCUT2D eigenvalue weighted by molar-refractivity contribution is 9.10. The fourth-order valence-corrected chi connectivity index (χ4v) is 1.75. The Morgan fingerprint density at radius 3 is 2.71 bits per heavy atom. The van der Waals surface area contributed by atoms with Crippen molar-refractivity contribution in [2.45, 2.75) is 0 Å². The highest BCUT2D eigenvalue weighted by Gasteiger charge is 2.08. The van der Waals surface area contributed by atoms with Gasteiger partial charge in [-0.15, -0.1) is 0 Å². The Morgan fingerprint density at radius 2 is 2.18 bits per heavy atom. The van der Waals surface area contributed by atoms with Crippen LogP contribution in [-0.4, -0.2) is 36.4 Å². The highest BCUT2D eigenvalue weighted by Crippen LogP contribution is 2.21. The number of likely N-dealkylation sites (N-methyl/N-ethyl adjacent to an activating group) is 1. The monoisotopic (exact) mass is 315 g/mol. The molecule has 92 valence electrons. The first kappa shape index (κ1) is 13.9. The molecule has 0 saturated carbocycles. The lowest BCUT2D eigenvalue weighted by molar-refractivity contribution is -0.126. The van der Waals surface area contributed by atoms with Crippen LogP contribution < -0.4 is 11.1 Å². The highest BCUT2D eigenvalue weighted by atomic mass is 79.9. The van der Waals surface area contributed by atoms with Gasteiger partial charge in [-0.1, -0.05) is 28.1 Å². The molecule has 0 aliphatic heterocycles. The summed E-state index contributed by atoms with van der Waals surface area (Å²) in [7, 11) is 3.42. The van der Waals surface area contributed by atoms with E-state index in [-0.39, 0.29) is 12.5 Å². The molecule has 1 amide bonds. The molecule has 6 heteroatoms. The van der Waals surface area contributed by atoms with Crippen molar-refractivity contribution in [2.24, 2.45) is 5.73 Å². The van der Waals surface area contributed by atoms with E-state index in [4.69, 9.17) is 18.0 Å². The van der Waals surface area contributed by atoms with Crippen molar-refractivity contribution < 1.29 is 4.79 Å². The molecular formula is C11H14BrN3OS. The molecule has 0 aromatic heterocycles. The van der Waals surface area contributed by atoms with Gasteiger partial charge in [0.1, 0.15) is 4.99 Å². The standard InChI is InChI=1S/C11H14BrN3OS/c1-15(2)10(16)6-14-9-5-7(12)3-4-8(9)11(13)17/h3-5,14H,6H2,1-2H3,(H2,13,17). The van der Waals surface area contributed by atoms with Gasteiger partial charge in [0.25, 0.3) is 0 Å². The molecule has 0 heterocycles. The first-order valence-corrected chi connectivity index (χ1v) is 6.15. The summed E-state index contributed by atoms with van der Waals surface area (Å²) in [5.41, 5.74) is 7.09. The average molecular weight is 316 g/mol. The maximum Gasteiger partial charge on any atom is 0.241 e. The van der Waals surface area contributed by atoms with Gasteiger partial charge in [0.2, 0.25) is 5.91 Å². The molecule has 0 atom stereocenters. The molecule has 3 N–H and O–H groups in total. The molecule has 0 unspecified atom stereocenters. The second-order valence-corrected chi connectivity index (χ2v) is 5.05. The normalized spacial score (nSPS) is 9.82. The summed E-state index contributed by atoms with van der Waals surface area (Å²) in [5, 5.41) is 3.03. The third-order valence-corrected chi connectivity index (χ3v) is 2.89. The molecule has 4 nitrogen and oxygen atoms in total. The van der Waals surface area contributed by atoms with Crippen LogP contribution in [-0.2, 0) is 4.79 Å². The van der Waals surface area contributed by atoms with Gasteiger partial charge in [-0.2, -0.15) is 0 Å². The molecule has 0 aliphatic carbocycles. The van der Waals surface area contributed by atoms with Gasteiger partial charge < -0.3 is 16.0 Å². The number of halogens is 1. The lowest BCUT2D eigenvalue weighted by atomic mass is 10.2. The van der Waals surface area contributed by atoms with E-state index in [0.29, 0.717) is 4.99 Å². The Hall–Kier alpha value is -1.14. The fraction of sp³-hybridized carbons (Fsp3) is 0.273. The third-order valence-electron chi connectivity index (χ3n) is 2.18. The second-order valence-electron chi connectivity index (χ2n) is 3.70. The van der Waals surface area contributed by atoms with E-state index in [1.54, 1.807) is 14.1 Å². The molecule has 1 aromatic carbocycles. The van der Waals surface area contributed by atoms with Crippen LogP contribution in [0.4, 0.5) is 5.69 Å². The smallest absolute Gasteiger partial charge is 0.241 e. The van der Waals surface area contributed by atoms with Gasteiger partial charge >= 0.3 is 0 Å².